The number of para-hydroxylation sites is 2. The van der Waals surface area contributed by atoms with Gasteiger partial charge < -0.3 is 19.0 Å². The molecule has 187 valence electrons. The van der Waals surface area contributed by atoms with Gasteiger partial charge in [-0.25, -0.2) is 9.59 Å². The summed E-state index contributed by atoms with van der Waals surface area (Å²) in [5.74, 6) is -0.698. The fourth-order valence-corrected chi connectivity index (χ4v) is 3.97. The molecule has 0 atom stereocenters. The molecule has 0 amide bonds. The molecule has 5 aromatic rings. The van der Waals surface area contributed by atoms with E-state index < -0.39 is 11.3 Å². The van der Waals surface area contributed by atoms with E-state index in [1.165, 1.54) is 36.7 Å². The summed E-state index contributed by atoms with van der Waals surface area (Å²) in [5.41, 5.74) is 1.67. The van der Waals surface area contributed by atoms with Gasteiger partial charge in [-0.05, 0) is 37.1 Å². The Hall–Kier alpha value is -4.60. The fourth-order valence-electron chi connectivity index (χ4n) is 3.97. The van der Waals surface area contributed by atoms with Gasteiger partial charge >= 0.3 is 32.3 Å². The number of benzene rings is 3. The van der Waals surface area contributed by atoms with Crippen LogP contribution in [0.25, 0.3) is 21.9 Å². The van der Waals surface area contributed by atoms with Crippen LogP contribution in [0, 0.1) is 13.8 Å². The van der Waals surface area contributed by atoms with E-state index in [2.05, 4.69) is 9.98 Å². The molecule has 3 aromatic carbocycles. The van der Waals surface area contributed by atoms with E-state index >= 15 is 0 Å². The van der Waals surface area contributed by atoms with E-state index in [1.807, 2.05) is 0 Å². The third-order valence-corrected chi connectivity index (χ3v) is 5.78. The summed E-state index contributed by atoms with van der Waals surface area (Å²) < 4.78 is 18.8. The van der Waals surface area contributed by atoms with Crippen molar-refractivity contribution in [3.8, 4) is 11.5 Å². The molecule has 10 heteroatoms. The molecule has 0 radical (unpaired) electrons. The second kappa shape index (κ2) is 11.2. The van der Waals surface area contributed by atoms with Crippen LogP contribution in [0.2, 0.25) is 0 Å². The number of hydrogen-bond acceptors (Lipinski definition) is 9. The van der Waals surface area contributed by atoms with Gasteiger partial charge in [-0.15, -0.1) is 0 Å². The van der Waals surface area contributed by atoms with E-state index in [1.54, 1.807) is 50.2 Å². The van der Waals surface area contributed by atoms with E-state index in [9.17, 15) is 19.8 Å². The van der Waals surface area contributed by atoms with Crippen LogP contribution in [0.4, 0.5) is 11.4 Å². The Balaban J connectivity index is 0.00000164. The first-order valence-electron chi connectivity index (χ1n) is 11.2. The molecule has 0 bridgehead atoms. The number of aryl methyl sites for hydroxylation is 2. The second-order valence-electron chi connectivity index (χ2n) is 8.21. The van der Waals surface area contributed by atoms with Crippen LogP contribution in [0.3, 0.4) is 0 Å². The molecular weight excluding hydrogens is 527 g/mol. The Morgan fingerprint density at radius 2 is 1.08 bits per heavy atom. The molecule has 9 nitrogen and oxygen atoms in total. The molecule has 0 fully saturated rings. The third-order valence-electron chi connectivity index (χ3n) is 5.78. The molecule has 2 aromatic heterocycles. The minimum atomic E-state index is -0.560. The van der Waals surface area contributed by atoms with Gasteiger partial charge in [-0.3, -0.25) is 9.98 Å². The SMILES string of the molecule is Cc1cc(=O)oc2c(C=Nc3ccccc3N=Cc3c([O-])ccc4c(C)cc(=O)oc34)c([O-])ccc12.[O]=[V+2]. The molecule has 38 heavy (non-hydrogen) atoms. The van der Waals surface area contributed by atoms with Gasteiger partial charge in [0.1, 0.15) is 11.2 Å². The predicted molar refractivity (Wildman–Crippen MR) is 135 cm³/mol. The molecule has 0 aliphatic rings. The van der Waals surface area contributed by atoms with Crippen molar-refractivity contribution in [3.05, 3.63) is 104 Å². The normalized spacial score (nSPS) is 11.4. The Morgan fingerprint density at radius 1 is 0.684 bits per heavy atom. The molecule has 0 spiro atoms. The zero-order chi connectivity index (χ0) is 27.4. The zero-order valence-electron chi connectivity index (χ0n) is 20.1. The summed E-state index contributed by atoms with van der Waals surface area (Å²) >= 11 is 1.06. The molecule has 0 unspecified atom stereocenters. The van der Waals surface area contributed by atoms with E-state index in [4.69, 9.17) is 12.5 Å². The second-order valence-corrected chi connectivity index (χ2v) is 8.21. The monoisotopic (exact) mass is 545 g/mol. The van der Waals surface area contributed by atoms with Crippen LogP contribution >= 0.6 is 0 Å². The van der Waals surface area contributed by atoms with Crippen molar-refractivity contribution in [1.82, 2.24) is 0 Å². The number of fused-ring (bicyclic) bond motifs is 2. The van der Waals surface area contributed by atoms with Crippen LogP contribution in [0.1, 0.15) is 22.3 Å². The van der Waals surface area contributed by atoms with Gasteiger partial charge in [0, 0.05) is 46.5 Å². The first kappa shape index (κ1) is 26.5. The van der Waals surface area contributed by atoms with Crippen molar-refractivity contribution in [1.29, 1.82) is 0 Å². The fraction of sp³-hybridized carbons (Fsp3) is 0.0714. The van der Waals surface area contributed by atoms with Crippen molar-refractivity contribution < 1.29 is 40.1 Å². The average molecular weight is 545 g/mol. The molecular formula is C28H18N2O7V. The van der Waals surface area contributed by atoms with Crippen molar-refractivity contribution >= 4 is 45.7 Å². The maximum absolute atomic E-state index is 12.5. The summed E-state index contributed by atoms with van der Waals surface area (Å²) in [5, 5.41) is 26.3. The van der Waals surface area contributed by atoms with Crippen LogP contribution < -0.4 is 21.5 Å². The van der Waals surface area contributed by atoms with Gasteiger partial charge in [-0.1, -0.05) is 47.9 Å². The number of hydrogen-bond donors (Lipinski definition) is 0. The van der Waals surface area contributed by atoms with Gasteiger partial charge in [0.25, 0.3) is 0 Å². The zero-order valence-corrected chi connectivity index (χ0v) is 21.5. The van der Waals surface area contributed by atoms with E-state index in [0.717, 1.165) is 17.4 Å². The van der Waals surface area contributed by atoms with E-state index in [-0.39, 0.29) is 33.8 Å². The Bertz CT molecular complexity index is 1720. The van der Waals surface area contributed by atoms with Crippen molar-refractivity contribution in [2.24, 2.45) is 9.98 Å². The Labute approximate surface area is 224 Å². The number of nitrogens with zero attached hydrogens (tertiary/aromatic N) is 2. The quantitative estimate of drug-likeness (QED) is 0.244. The summed E-state index contributed by atoms with van der Waals surface area (Å²) in [6.45, 7) is 3.52. The maximum atomic E-state index is 12.5. The van der Waals surface area contributed by atoms with Crippen molar-refractivity contribution in [2.75, 3.05) is 0 Å². The molecule has 0 aliphatic carbocycles. The molecule has 2 heterocycles. The number of aliphatic imine (C=N–C) groups is 2. The van der Waals surface area contributed by atoms with Crippen molar-refractivity contribution in [3.63, 3.8) is 0 Å². The standard InChI is InChI=1S/C28H20N2O6.O.V/c1-15-11-25(33)35-27-17(15)7-9-23(31)19(27)13-29-21-5-3-4-6-22(21)30-14-20-24(32)10-8-18-16(2)12-26(34)36-28(18)20;;/h3-14,31-32H,1-2H3;;/q;;+2/p-2. The first-order valence-corrected chi connectivity index (χ1v) is 11.7. The van der Waals surface area contributed by atoms with Gasteiger partial charge in [0.15, 0.2) is 0 Å². The minimum absolute atomic E-state index is 0.139. The van der Waals surface area contributed by atoms with E-state index in [0.29, 0.717) is 33.3 Å². The van der Waals surface area contributed by atoms with Gasteiger partial charge in [-0.2, -0.15) is 0 Å². The Morgan fingerprint density at radius 3 is 1.47 bits per heavy atom. The summed E-state index contributed by atoms with van der Waals surface area (Å²) in [6.07, 6.45) is 2.67. The first-order chi connectivity index (χ1) is 18.3. The summed E-state index contributed by atoms with van der Waals surface area (Å²) in [7, 11) is 0. The van der Waals surface area contributed by atoms with Gasteiger partial charge in [0.2, 0.25) is 0 Å². The predicted octanol–water partition coefficient (Wildman–Crippen LogP) is 4.04. The average Bonchev–Trinajstić information content (AvgIpc) is 2.89. The van der Waals surface area contributed by atoms with Crippen LogP contribution in [0.5, 0.6) is 11.5 Å². The number of rotatable bonds is 4. The van der Waals surface area contributed by atoms with Crippen LogP contribution in [-0.4, -0.2) is 12.4 Å². The van der Waals surface area contributed by atoms with Crippen LogP contribution in [0.15, 0.2) is 89.1 Å². The van der Waals surface area contributed by atoms with Crippen LogP contribution in [-0.2, 0) is 21.0 Å². The molecule has 0 saturated heterocycles. The topological polar surface area (TPSA) is 148 Å². The van der Waals surface area contributed by atoms with Gasteiger partial charge in [0.05, 0.1) is 11.4 Å². The third kappa shape index (κ3) is 5.24. The summed E-state index contributed by atoms with van der Waals surface area (Å²) in [4.78, 5) is 32.6. The Kier molecular flexibility index (Phi) is 7.80. The molecule has 0 N–H and O–H groups in total. The molecule has 0 saturated carbocycles. The van der Waals surface area contributed by atoms with Crippen molar-refractivity contribution in [2.45, 2.75) is 13.8 Å². The molecule has 5 rings (SSSR count). The molecule has 0 aliphatic heterocycles. The summed E-state index contributed by atoms with van der Waals surface area (Å²) in [6, 6.07) is 15.6.